The van der Waals surface area contributed by atoms with Gasteiger partial charge in [-0.15, -0.1) is 0 Å². The van der Waals surface area contributed by atoms with Crippen molar-refractivity contribution in [2.75, 3.05) is 20.7 Å². The van der Waals surface area contributed by atoms with E-state index in [2.05, 4.69) is 25.7 Å². The van der Waals surface area contributed by atoms with E-state index in [1.54, 1.807) is 0 Å². The number of methoxy groups -OCH3 is 1. The SMILES string of the molecule is CCC(C)(C)N(C)CC(C)(C)C(=O)OC. The second-order valence-electron chi connectivity index (χ2n) is 5.40. The fraction of sp³-hybridized carbons (Fsp3) is 0.917. The second kappa shape index (κ2) is 4.97. The first kappa shape index (κ1) is 14.4. The van der Waals surface area contributed by atoms with Crippen LogP contribution in [0.15, 0.2) is 0 Å². The zero-order valence-electron chi connectivity index (χ0n) is 11.2. The van der Waals surface area contributed by atoms with E-state index in [0.717, 1.165) is 6.42 Å². The zero-order chi connectivity index (χ0) is 12.3. The monoisotopic (exact) mass is 215 g/mol. The van der Waals surface area contributed by atoms with E-state index in [-0.39, 0.29) is 11.5 Å². The molecule has 0 aromatic carbocycles. The van der Waals surface area contributed by atoms with Crippen LogP contribution in [0, 0.1) is 5.41 Å². The molecule has 0 N–H and O–H groups in total. The molecule has 0 rings (SSSR count). The van der Waals surface area contributed by atoms with Crippen LogP contribution >= 0.6 is 0 Å². The van der Waals surface area contributed by atoms with Crippen molar-refractivity contribution in [2.24, 2.45) is 5.41 Å². The van der Waals surface area contributed by atoms with Gasteiger partial charge in [0.2, 0.25) is 0 Å². The van der Waals surface area contributed by atoms with E-state index in [0.29, 0.717) is 6.54 Å². The molecule has 0 aliphatic carbocycles. The normalized spacial score (nSPS) is 13.1. The summed E-state index contributed by atoms with van der Waals surface area (Å²) in [6, 6.07) is 0. The minimum absolute atomic E-state index is 0.116. The van der Waals surface area contributed by atoms with Gasteiger partial charge in [-0.3, -0.25) is 4.79 Å². The molecule has 0 saturated carbocycles. The van der Waals surface area contributed by atoms with Crippen LogP contribution in [0.5, 0.6) is 0 Å². The standard InChI is InChI=1S/C12H25NO2/c1-8-12(4,5)13(6)9-11(2,3)10(14)15-7/h8-9H2,1-7H3. The predicted molar refractivity (Wildman–Crippen MR) is 62.8 cm³/mol. The van der Waals surface area contributed by atoms with Crippen molar-refractivity contribution in [3.05, 3.63) is 0 Å². The van der Waals surface area contributed by atoms with Crippen LogP contribution in [-0.4, -0.2) is 37.1 Å². The minimum atomic E-state index is -0.448. The maximum atomic E-state index is 11.5. The van der Waals surface area contributed by atoms with Crippen LogP contribution in [0.4, 0.5) is 0 Å². The van der Waals surface area contributed by atoms with E-state index in [1.165, 1.54) is 7.11 Å². The van der Waals surface area contributed by atoms with E-state index < -0.39 is 5.41 Å². The van der Waals surface area contributed by atoms with Gasteiger partial charge in [-0.2, -0.15) is 0 Å². The van der Waals surface area contributed by atoms with Gasteiger partial charge in [0.1, 0.15) is 0 Å². The average Bonchev–Trinajstić information content (AvgIpc) is 2.15. The molecule has 0 aromatic rings. The van der Waals surface area contributed by atoms with Crippen molar-refractivity contribution in [3.63, 3.8) is 0 Å². The van der Waals surface area contributed by atoms with Gasteiger partial charge in [-0.25, -0.2) is 0 Å². The molecule has 0 saturated heterocycles. The van der Waals surface area contributed by atoms with Crippen LogP contribution in [0.2, 0.25) is 0 Å². The van der Waals surface area contributed by atoms with Crippen molar-refractivity contribution in [3.8, 4) is 0 Å². The maximum Gasteiger partial charge on any atom is 0.312 e. The molecule has 90 valence electrons. The average molecular weight is 215 g/mol. The fourth-order valence-corrected chi connectivity index (χ4v) is 1.42. The molecule has 3 heteroatoms. The van der Waals surface area contributed by atoms with Crippen molar-refractivity contribution in [2.45, 2.75) is 46.6 Å². The van der Waals surface area contributed by atoms with Crippen LogP contribution in [-0.2, 0) is 9.53 Å². The molecule has 3 nitrogen and oxygen atoms in total. The summed E-state index contributed by atoms with van der Waals surface area (Å²) in [5, 5.41) is 0. The molecule has 0 radical (unpaired) electrons. The summed E-state index contributed by atoms with van der Waals surface area (Å²) < 4.78 is 4.80. The lowest BCUT2D eigenvalue weighted by Gasteiger charge is -2.39. The third-order valence-corrected chi connectivity index (χ3v) is 3.27. The first-order valence-electron chi connectivity index (χ1n) is 5.47. The summed E-state index contributed by atoms with van der Waals surface area (Å²) in [5.74, 6) is -0.152. The van der Waals surface area contributed by atoms with Crippen LogP contribution in [0.3, 0.4) is 0 Å². The Bertz CT molecular complexity index is 222. The summed E-state index contributed by atoms with van der Waals surface area (Å²) >= 11 is 0. The number of hydrogen-bond donors (Lipinski definition) is 0. The number of ether oxygens (including phenoxy) is 1. The first-order chi connectivity index (χ1) is 6.67. The Labute approximate surface area is 93.8 Å². The molecule has 15 heavy (non-hydrogen) atoms. The smallest absolute Gasteiger partial charge is 0.312 e. The van der Waals surface area contributed by atoms with Gasteiger partial charge in [0.15, 0.2) is 0 Å². The number of esters is 1. The Hall–Kier alpha value is -0.570. The third kappa shape index (κ3) is 3.82. The lowest BCUT2D eigenvalue weighted by molar-refractivity contribution is -0.152. The molecule has 0 heterocycles. The van der Waals surface area contributed by atoms with Gasteiger partial charge in [0.25, 0.3) is 0 Å². The zero-order valence-corrected chi connectivity index (χ0v) is 11.2. The summed E-state index contributed by atoms with van der Waals surface area (Å²) in [5.41, 5.74) is -0.332. The third-order valence-electron chi connectivity index (χ3n) is 3.27. The van der Waals surface area contributed by atoms with Gasteiger partial charge in [0.05, 0.1) is 12.5 Å². The number of carbonyl (C=O) groups excluding carboxylic acids is 1. The highest BCUT2D eigenvalue weighted by atomic mass is 16.5. The molecular weight excluding hydrogens is 190 g/mol. The Morgan fingerprint density at radius 2 is 1.73 bits per heavy atom. The Balaban J connectivity index is 4.53. The lowest BCUT2D eigenvalue weighted by atomic mass is 9.90. The van der Waals surface area contributed by atoms with Gasteiger partial charge in [-0.1, -0.05) is 6.92 Å². The van der Waals surface area contributed by atoms with Crippen molar-refractivity contribution < 1.29 is 9.53 Å². The van der Waals surface area contributed by atoms with Crippen molar-refractivity contribution in [1.29, 1.82) is 0 Å². The number of nitrogens with zero attached hydrogens (tertiary/aromatic N) is 1. The van der Waals surface area contributed by atoms with Crippen LogP contribution in [0.25, 0.3) is 0 Å². The highest BCUT2D eigenvalue weighted by molar-refractivity contribution is 5.76. The number of hydrogen-bond acceptors (Lipinski definition) is 3. The summed E-state index contributed by atoms with van der Waals surface area (Å²) in [4.78, 5) is 13.7. The van der Waals surface area contributed by atoms with E-state index >= 15 is 0 Å². The minimum Gasteiger partial charge on any atom is -0.469 e. The topological polar surface area (TPSA) is 29.5 Å². The fourth-order valence-electron chi connectivity index (χ4n) is 1.42. The molecular formula is C12H25NO2. The maximum absolute atomic E-state index is 11.5. The molecule has 0 spiro atoms. The Morgan fingerprint density at radius 1 is 1.27 bits per heavy atom. The Morgan fingerprint density at radius 3 is 2.07 bits per heavy atom. The second-order valence-corrected chi connectivity index (χ2v) is 5.40. The largest absolute Gasteiger partial charge is 0.469 e. The van der Waals surface area contributed by atoms with Gasteiger partial charge in [0, 0.05) is 12.1 Å². The lowest BCUT2D eigenvalue weighted by Crippen LogP contribution is -2.47. The molecule has 0 bridgehead atoms. The molecule has 0 unspecified atom stereocenters. The summed E-state index contributed by atoms with van der Waals surface area (Å²) in [6.45, 7) is 11.1. The Kier molecular flexibility index (Phi) is 4.78. The number of rotatable bonds is 5. The first-order valence-corrected chi connectivity index (χ1v) is 5.47. The van der Waals surface area contributed by atoms with E-state index in [9.17, 15) is 4.79 Å². The van der Waals surface area contributed by atoms with E-state index in [4.69, 9.17) is 4.74 Å². The van der Waals surface area contributed by atoms with Crippen molar-refractivity contribution >= 4 is 5.97 Å². The van der Waals surface area contributed by atoms with Gasteiger partial charge in [-0.05, 0) is 41.2 Å². The molecule has 0 fully saturated rings. The van der Waals surface area contributed by atoms with Crippen LogP contribution in [0.1, 0.15) is 41.0 Å². The molecule has 0 atom stereocenters. The van der Waals surface area contributed by atoms with E-state index in [1.807, 2.05) is 20.9 Å². The molecule has 0 aromatic heterocycles. The summed E-state index contributed by atoms with van der Waals surface area (Å²) in [7, 11) is 3.49. The number of carbonyl (C=O) groups is 1. The molecule has 0 aliphatic heterocycles. The highest BCUT2D eigenvalue weighted by Crippen LogP contribution is 2.24. The summed E-state index contributed by atoms with van der Waals surface area (Å²) in [6.07, 6.45) is 1.06. The highest BCUT2D eigenvalue weighted by Gasteiger charge is 2.33. The molecule has 0 amide bonds. The van der Waals surface area contributed by atoms with Crippen molar-refractivity contribution in [1.82, 2.24) is 4.90 Å². The predicted octanol–water partition coefficient (Wildman–Crippen LogP) is 2.31. The van der Waals surface area contributed by atoms with Gasteiger partial charge >= 0.3 is 5.97 Å². The quantitative estimate of drug-likeness (QED) is 0.659. The molecule has 0 aliphatic rings. The van der Waals surface area contributed by atoms with Crippen LogP contribution < -0.4 is 0 Å². The van der Waals surface area contributed by atoms with Gasteiger partial charge < -0.3 is 9.64 Å².